The van der Waals surface area contributed by atoms with E-state index in [0.717, 1.165) is 4.31 Å². The molecule has 0 radical (unpaired) electrons. The second-order valence-electron chi connectivity index (χ2n) is 4.32. The van der Waals surface area contributed by atoms with Crippen molar-refractivity contribution < 1.29 is 13.2 Å². The zero-order valence-corrected chi connectivity index (χ0v) is 12.7. The number of hydrogen-bond donors (Lipinski definition) is 0. The quantitative estimate of drug-likeness (QED) is 0.822. The average Bonchev–Trinajstić information content (AvgIpc) is 2.62. The molecule has 0 bridgehead atoms. The summed E-state index contributed by atoms with van der Waals surface area (Å²) < 4.78 is 26.0. The second kappa shape index (κ2) is 4.83. The van der Waals surface area contributed by atoms with Gasteiger partial charge in [0.05, 0.1) is 9.92 Å². The van der Waals surface area contributed by atoms with Crippen LogP contribution in [0.15, 0.2) is 27.6 Å². The zero-order valence-electron chi connectivity index (χ0n) is 9.56. The molecule has 7 heteroatoms. The van der Waals surface area contributed by atoms with E-state index in [1.165, 1.54) is 18.2 Å². The van der Waals surface area contributed by atoms with Crippen LogP contribution in [0.4, 0.5) is 0 Å². The van der Waals surface area contributed by atoms with E-state index in [-0.39, 0.29) is 29.7 Å². The Balaban J connectivity index is 2.42. The number of rotatable bonds is 2. The monoisotopic (exact) mass is 351 g/mol. The van der Waals surface area contributed by atoms with E-state index >= 15 is 0 Å². The summed E-state index contributed by atoms with van der Waals surface area (Å²) in [6.07, 6.45) is 0.272. The fraction of sp³-hybridized carbons (Fsp3) is 0.364. The lowest BCUT2D eigenvalue weighted by molar-refractivity contribution is -0.123. The van der Waals surface area contributed by atoms with Crippen LogP contribution < -0.4 is 0 Å². The Morgan fingerprint density at radius 1 is 1.44 bits per heavy atom. The van der Waals surface area contributed by atoms with Crippen molar-refractivity contribution in [3.8, 4) is 0 Å². The summed E-state index contributed by atoms with van der Waals surface area (Å²) in [5, 5.41) is 0.426. The maximum Gasteiger partial charge on any atom is 0.266 e. The summed E-state index contributed by atoms with van der Waals surface area (Å²) in [5.74, 6) is -0.295. The smallest absolute Gasteiger partial charge is 0.266 e. The van der Waals surface area contributed by atoms with E-state index in [9.17, 15) is 13.2 Å². The Morgan fingerprint density at radius 2 is 2.11 bits per heavy atom. The van der Waals surface area contributed by atoms with Crippen molar-refractivity contribution in [1.82, 2.24) is 4.31 Å². The van der Waals surface area contributed by atoms with Gasteiger partial charge in [-0.05, 0) is 40.0 Å². The molecule has 1 amide bonds. The van der Waals surface area contributed by atoms with Crippen molar-refractivity contribution in [3.05, 3.63) is 27.7 Å². The molecule has 1 heterocycles. The van der Waals surface area contributed by atoms with Gasteiger partial charge in [0.15, 0.2) is 0 Å². The molecule has 1 aliphatic heterocycles. The van der Waals surface area contributed by atoms with Crippen LogP contribution >= 0.6 is 27.5 Å². The number of sulfonamides is 1. The largest absolute Gasteiger partial charge is 0.274 e. The lowest BCUT2D eigenvalue weighted by atomic mass is 10.2. The minimum atomic E-state index is -3.76. The third kappa shape index (κ3) is 2.41. The third-order valence-electron chi connectivity index (χ3n) is 2.76. The lowest BCUT2D eigenvalue weighted by Gasteiger charge is -2.16. The average molecular weight is 353 g/mol. The van der Waals surface area contributed by atoms with Crippen LogP contribution in [-0.4, -0.2) is 25.2 Å². The molecule has 2 rings (SSSR count). The molecule has 1 aliphatic rings. The minimum Gasteiger partial charge on any atom is -0.274 e. The maximum atomic E-state index is 12.3. The van der Waals surface area contributed by atoms with Gasteiger partial charge >= 0.3 is 0 Å². The van der Waals surface area contributed by atoms with Gasteiger partial charge in [-0.1, -0.05) is 18.5 Å². The molecule has 0 spiro atoms. The molecular weight excluding hydrogens is 342 g/mol. The number of carbonyl (C=O) groups excluding carboxylic acids is 1. The molecule has 1 fully saturated rings. The van der Waals surface area contributed by atoms with Crippen LogP contribution in [0.3, 0.4) is 0 Å². The highest BCUT2D eigenvalue weighted by Gasteiger charge is 2.36. The van der Waals surface area contributed by atoms with Crippen molar-refractivity contribution in [1.29, 1.82) is 0 Å². The van der Waals surface area contributed by atoms with Gasteiger partial charge in [-0.15, -0.1) is 0 Å². The van der Waals surface area contributed by atoms with Gasteiger partial charge in [0.2, 0.25) is 5.91 Å². The molecule has 1 saturated heterocycles. The zero-order chi connectivity index (χ0) is 13.5. The first-order chi connectivity index (χ1) is 8.32. The number of nitrogens with zero attached hydrogens (tertiary/aromatic N) is 1. The fourth-order valence-electron chi connectivity index (χ4n) is 1.85. The molecule has 1 aromatic carbocycles. The van der Waals surface area contributed by atoms with Crippen molar-refractivity contribution in [2.24, 2.45) is 5.92 Å². The van der Waals surface area contributed by atoms with Crippen molar-refractivity contribution in [3.63, 3.8) is 0 Å². The van der Waals surface area contributed by atoms with E-state index in [0.29, 0.717) is 9.50 Å². The summed E-state index contributed by atoms with van der Waals surface area (Å²) >= 11 is 8.99. The van der Waals surface area contributed by atoms with Gasteiger partial charge in [-0.25, -0.2) is 12.7 Å². The van der Waals surface area contributed by atoms with E-state index in [1.807, 2.05) is 6.92 Å². The third-order valence-corrected chi connectivity index (χ3v) is 5.75. The van der Waals surface area contributed by atoms with Crippen molar-refractivity contribution >= 4 is 43.5 Å². The summed E-state index contributed by atoms with van der Waals surface area (Å²) in [7, 11) is -3.76. The van der Waals surface area contributed by atoms with Crippen LogP contribution in [0.25, 0.3) is 0 Å². The molecule has 18 heavy (non-hydrogen) atoms. The highest BCUT2D eigenvalue weighted by Crippen LogP contribution is 2.29. The molecule has 1 atom stereocenters. The summed E-state index contributed by atoms with van der Waals surface area (Å²) in [4.78, 5) is 11.7. The Morgan fingerprint density at radius 3 is 2.61 bits per heavy atom. The van der Waals surface area contributed by atoms with Crippen molar-refractivity contribution in [2.45, 2.75) is 18.2 Å². The first kappa shape index (κ1) is 13.8. The summed E-state index contributed by atoms with van der Waals surface area (Å²) in [6, 6.07) is 4.30. The predicted molar refractivity (Wildman–Crippen MR) is 71.8 cm³/mol. The Kier molecular flexibility index (Phi) is 3.71. The van der Waals surface area contributed by atoms with Gasteiger partial charge in [0, 0.05) is 17.4 Å². The van der Waals surface area contributed by atoms with E-state index in [2.05, 4.69) is 15.9 Å². The Bertz CT molecular complexity index is 602. The summed E-state index contributed by atoms with van der Waals surface area (Å²) in [6.45, 7) is 2.09. The molecule has 0 N–H and O–H groups in total. The molecule has 4 nitrogen and oxygen atoms in total. The van der Waals surface area contributed by atoms with E-state index < -0.39 is 10.0 Å². The molecule has 0 saturated carbocycles. The van der Waals surface area contributed by atoms with E-state index in [4.69, 9.17) is 11.6 Å². The van der Waals surface area contributed by atoms with Gasteiger partial charge in [-0.2, -0.15) is 0 Å². The lowest BCUT2D eigenvalue weighted by Crippen LogP contribution is -2.32. The highest BCUT2D eigenvalue weighted by atomic mass is 79.9. The van der Waals surface area contributed by atoms with Crippen LogP contribution in [0.5, 0.6) is 0 Å². The molecule has 1 aromatic rings. The standard InChI is InChI=1S/C11H11BrClNO3S/c1-7-4-11(15)14(6-7)18(16,17)8-2-3-10(13)9(12)5-8/h2-3,5,7H,4,6H2,1H3. The first-order valence-corrected chi connectivity index (χ1v) is 7.94. The highest BCUT2D eigenvalue weighted by molar-refractivity contribution is 9.10. The van der Waals surface area contributed by atoms with Gasteiger partial charge in [0.25, 0.3) is 10.0 Å². The number of carbonyl (C=O) groups is 1. The van der Waals surface area contributed by atoms with Crippen LogP contribution in [0, 0.1) is 5.92 Å². The van der Waals surface area contributed by atoms with Crippen LogP contribution in [0.1, 0.15) is 13.3 Å². The molecule has 1 unspecified atom stereocenters. The van der Waals surface area contributed by atoms with E-state index in [1.54, 1.807) is 0 Å². The Hall–Kier alpha value is -0.590. The van der Waals surface area contributed by atoms with Gasteiger partial charge in [-0.3, -0.25) is 4.79 Å². The number of hydrogen-bond acceptors (Lipinski definition) is 3. The van der Waals surface area contributed by atoms with Gasteiger partial charge in [0.1, 0.15) is 0 Å². The second-order valence-corrected chi connectivity index (χ2v) is 7.44. The normalized spacial score (nSPS) is 20.5. The minimum absolute atomic E-state index is 0.0583. The topological polar surface area (TPSA) is 54.5 Å². The van der Waals surface area contributed by atoms with Crippen LogP contribution in [0.2, 0.25) is 5.02 Å². The number of halogens is 2. The van der Waals surface area contributed by atoms with Crippen molar-refractivity contribution in [2.75, 3.05) is 6.54 Å². The molecule has 0 aliphatic carbocycles. The fourth-order valence-corrected chi connectivity index (χ4v) is 4.05. The molecule has 98 valence electrons. The predicted octanol–water partition coefficient (Wildman–Crippen LogP) is 2.66. The van der Waals surface area contributed by atoms with Crippen LogP contribution in [-0.2, 0) is 14.8 Å². The maximum absolute atomic E-state index is 12.3. The number of amides is 1. The first-order valence-electron chi connectivity index (χ1n) is 5.33. The molecular formula is C11H11BrClNO3S. The summed E-state index contributed by atoms with van der Waals surface area (Å²) in [5.41, 5.74) is 0. The SMILES string of the molecule is CC1CC(=O)N(S(=O)(=O)c2ccc(Cl)c(Br)c2)C1. The Labute approximate surface area is 119 Å². The number of benzene rings is 1. The molecule has 0 aromatic heterocycles. The van der Waals surface area contributed by atoms with Gasteiger partial charge < -0.3 is 0 Å².